The molecule has 0 spiro atoms. The molecule has 0 unspecified atom stereocenters. The lowest BCUT2D eigenvalue weighted by Crippen LogP contribution is -2.31. The molecule has 1 N–H and O–H groups in total. The Morgan fingerprint density at radius 3 is 2.81 bits per heavy atom. The van der Waals surface area contributed by atoms with Crippen molar-refractivity contribution in [2.45, 2.75) is 43.8 Å². The predicted octanol–water partition coefficient (Wildman–Crippen LogP) is 4.06. The number of carbonyl (C=O) groups excluding carboxylic acids is 1. The molecule has 1 heterocycles. The molecule has 7 heteroatoms. The number of nitrogens with one attached hydrogen (secondary N) is 1. The van der Waals surface area contributed by atoms with Gasteiger partial charge in [0.1, 0.15) is 5.82 Å². The van der Waals surface area contributed by atoms with Crippen molar-refractivity contribution in [1.29, 1.82) is 0 Å². The molecule has 1 aliphatic carbocycles. The maximum atomic E-state index is 14.1. The molecule has 144 valence electrons. The van der Waals surface area contributed by atoms with E-state index in [1.165, 1.54) is 49.9 Å². The first kappa shape index (κ1) is 19.6. The van der Waals surface area contributed by atoms with Gasteiger partial charge in [-0.3, -0.25) is 9.36 Å². The smallest absolute Gasteiger partial charge is 0.230 e. The van der Waals surface area contributed by atoms with Gasteiger partial charge in [-0.05, 0) is 30.9 Å². The molecular formula is C20H25FN4OS. The van der Waals surface area contributed by atoms with Crippen LogP contribution in [-0.2, 0) is 11.3 Å². The summed E-state index contributed by atoms with van der Waals surface area (Å²) in [6.07, 6.45) is 7.95. The van der Waals surface area contributed by atoms with Crippen molar-refractivity contribution in [3.05, 3.63) is 42.7 Å². The standard InChI is InChI=1S/C20H25FN4OS/c1-2-12-25-19(16-10-6-7-11-17(16)21)23-24-20(25)27-14-18(26)22-13-15-8-4-3-5-9-15/h2,6-7,10-11,15H,1,3-5,8-9,12-14H2,(H,22,26). The van der Waals surface area contributed by atoms with E-state index in [1.54, 1.807) is 28.8 Å². The van der Waals surface area contributed by atoms with Crippen LogP contribution in [0.25, 0.3) is 11.4 Å². The molecule has 1 aliphatic rings. The Morgan fingerprint density at radius 1 is 1.30 bits per heavy atom. The molecule has 0 bridgehead atoms. The highest BCUT2D eigenvalue weighted by Crippen LogP contribution is 2.26. The zero-order valence-electron chi connectivity index (χ0n) is 15.4. The van der Waals surface area contributed by atoms with Crippen LogP contribution < -0.4 is 5.32 Å². The molecular weight excluding hydrogens is 363 g/mol. The summed E-state index contributed by atoms with van der Waals surface area (Å²) in [6, 6.07) is 6.47. The summed E-state index contributed by atoms with van der Waals surface area (Å²) in [4.78, 5) is 12.2. The van der Waals surface area contributed by atoms with E-state index < -0.39 is 0 Å². The fourth-order valence-electron chi connectivity index (χ4n) is 3.36. The molecule has 1 saturated carbocycles. The summed E-state index contributed by atoms with van der Waals surface area (Å²) in [5.74, 6) is 0.949. The van der Waals surface area contributed by atoms with E-state index in [2.05, 4.69) is 22.1 Å². The van der Waals surface area contributed by atoms with Gasteiger partial charge in [0, 0.05) is 13.1 Å². The molecule has 0 atom stereocenters. The van der Waals surface area contributed by atoms with E-state index in [9.17, 15) is 9.18 Å². The SMILES string of the molecule is C=CCn1c(SCC(=O)NCC2CCCCC2)nnc1-c1ccccc1F. The number of rotatable bonds is 8. The number of aromatic nitrogens is 3. The number of carbonyl (C=O) groups is 1. The number of benzene rings is 1. The van der Waals surface area contributed by atoms with Crippen LogP contribution in [0, 0.1) is 11.7 Å². The fourth-order valence-corrected chi connectivity index (χ4v) is 4.14. The number of nitrogens with zero attached hydrogens (tertiary/aromatic N) is 3. The van der Waals surface area contributed by atoms with Gasteiger partial charge in [-0.25, -0.2) is 4.39 Å². The van der Waals surface area contributed by atoms with Gasteiger partial charge in [0.05, 0.1) is 11.3 Å². The third-order valence-electron chi connectivity index (χ3n) is 4.79. The van der Waals surface area contributed by atoms with Crippen molar-refractivity contribution in [3.8, 4) is 11.4 Å². The zero-order chi connectivity index (χ0) is 19.1. The first-order valence-corrected chi connectivity index (χ1v) is 10.4. The monoisotopic (exact) mass is 388 g/mol. The molecule has 0 aliphatic heterocycles. The topological polar surface area (TPSA) is 59.8 Å². The lowest BCUT2D eigenvalue weighted by atomic mass is 9.89. The van der Waals surface area contributed by atoms with E-state index in [0.717, 1.165) is 6.54 Å². The molecule has 1 amide bonds. The lowest BCUT2D eigenvalue weighted by Gasteiger charge is -2.21. The van der Waals surface area contributed by atoms with Crippen molar-refractivity contribution in [3.63, 3.8) is 0 Å². The van der Waals surface area contributed by atoms with Crippen molar-refractivity contribution < 1.29 is 9.18 Å². The second-order valence-corrected chi connectivity index (χ2v) is 7.72. The van der Waals surface area contributed by atoms with Crippen molar-refractivity contribution >= 4 is 17.7 Å². The Morgan fingerprint density at radius 2 is 2.07 bits per heavy atom. The predicted molar refractivity (Wildman–Crippen MR) is 106 cm³/mol. The molecule has 0 radical (unpaired) electrons. The quantitative estimate of drug-likeness (QED) is 0.547. The first-order valence-electron chi connectivity index (χ1n) is 9.37. The van der Waals surface area contributed by atoms with Crippen molar-refractivity contribution in [1.82, 2.24) is 20.1 Å². The van der Waals surface area contributed by atoms with Gasteiger partial charge < -0.3 is 5.32 Å². The summed E-state index contributed by atoms with van der Waals surface area (Å²) in [5, 5.41) is 11.9. The van der Waals surface area contributed by atoms with E-state index in [1.807, 2.05) is 0 Å². The van der Waals surface area contributed by atoms with Gasteiger partial charge in [-0.15, -0.1) is 16.8 Å². The van der Waals surface area contributed by atoms with Gasteiger partial charge in [0.15, 0.2) is 11.0 Å². The fraction of sp³-hybridized carbons (Fsp3) is 0.450. The van der Waals surface area contributed by atoms with E-state index in [4.69, 9.17) is 0 Å². The third kappa shape index (κ3) is 5.19. The number of hydrogen-bond donors (Lipinski definition) is 1. The average Bonchev–Trinajstić information content (AvgIpc) is 3.09. The Balaban J connectivity index is 1.62. The maximum absolute atomic E-state index is 14.1. The normalized spacial score (nSPS) is 14.9. The Labute approximate surface area is 163 Å². The minimum atomic E-state index is -0.350. The first-order chi connectivity index (χ1) is 13.2. The highest BCUT2D eigenvalue weighted by molar-refractivity contribution is 7.99. The Bertz CT molecular complexity index is 786. The number of thioether (sulfide) groups is 1. The second-order valence-electron chi connectivity index (χ2n) is 6.78. The molecule has 0 saturated heterocycles. The summed E-state index contributed by atoms with van der Waals surface area (Å²) < 4.78 is 15.9. The van der Waals surface area contributed by atoms with E-state index >= 15 is 0 Å². The molecule has 1 aromatic heterocycles. The number of amides is 1. The van der Waals surface area contributed by atoms with Crippen molar-refractivity contribution in [2.75, 3.05) is 12.3 Å². The third-order valence-corrected chi connectivity index (χ3v) is 5.76. The van der Waals surface area contributed by atoms with Gasteiger partial charge in [0.2, 0.25) is 5.91 Å². The molecule has 1 aromatic carbocycles. The van der Waals surface area contributed by atoms with Crippen LogP contribution >= 0.6 is 11.8 Å². The van der Waals surface area contributed by atoms with Gasteiger partial charge >= 0.3 is 0 Å². The Hall–Kier alpha value is -2.15. The summed E-state index contributed by atoms with van der Waals surface area (Å²) >= 11 is 1.31. The van der Waals surface area contributed by atoms with Gasteiger partial charge in [0.25, 0.3) is 0 Å². The number of allylic oxidation sites excluding steroid dienone is 1. The summed E-state index contributed by atoms with van der Waals surface area (Å²) in [6.45, 7) is 4.95. The largest absolute Gasteiger partial charge is 0.355 e. The summed E-state index contributed by atoms with van der Waals surface area (Å²) in [7, 11) is 0. The Kier molecular flexibility index (Phi) is 7.04. The molecule has 1 fully saturated rings. The molecule has 5 nitrogen and oxygen atoms in total. The second kappa shape index (κ2) is 9.69. The van der Waals surface area contributed by atoms with E-state index in [0.29, 0.717) is 29.0 Å². The lowest BCUT2D eigenvalue weighted by molar-refractivity contribution is -0.118. The van der Waals surface area contributed by atoms with Crippen LogP contribution in [0.4, 0.5) is 4.39 Å². The molecule has 2 aromatic rings. The minimum absolute atomic E-state index is 0.00818. The van der Waals surface area contributed by atoms with Crippen LogP contribution in [0.15, 0.2) is 42.1 Å². The number of hydrogen-bond acceptors (Lipinski definition) is 4. The minimum Gasteiger partial charge on any atom is -0.355 e. The maximum Gasteiger partial charge on any atom is 0.230 e. The van der Waals surface area contributed by atoms with Gasteiger partial charge in [-0.2, -0.15) is 0 Å². The van der Waals surface area contributed by atoms with Crippen LogP contribution in [0.2, 0.25) is 0 Å². The summed E-state index contributed by atoms with van der Waals surface area (Å²) in [5.41, 5.74) is 0.389. The van der Waals surface area contributed by atoms with Crippen LogP contribution in [-0.4, -0.2) is 33.0 Å². The molecule has 27 heavy (non-hydrogen) atoms. The van der Waals surface area contributed by atoms with E-state index in [-0.39, 0.29) is 17.5 Å². The average molecular weight is 389 g/mol. The van der Waals surface area contributed by atoms with Gasteiger partial charge in [-0.1, -0.05) is 49.2 Å². The molecule has 3 rings (SSSR count). The van der Waals surface area contributed by atoms with Crippen LogP contribution in [0.1, 0.15) is 32.1 Å². The zero-order valence-corrected chi connectivity index (χ0v) is 16.2. The highest BCUT2D eigenvalue weighted by atomic mass is 32.2. The highest BCUT2D eigenvalue weighted by Gasteiger charge is 2.18. The van der Waals surface area contributed by atoms with Crippen LogP contribution in [0.3, 0.4) is 0 Å². The van der Waals surface area contributed by atoms with Crippen molar-refractivity contribution in [2.24, 2.45) is 5.92 Å². The van der Waals surface area contributed by atoms with Crippen LogP contribution in [0.5, 0.6) is 0 Å². The number of halogens is 1.